The fraction of sp³-hybridized carbons (Fsp3) is 0.333. The number of ether oxygens (including phenoxy) is 1. The molecule has 0 aliphatic rings. The Bertz CT molecular complexity index is 401. The van der Waals surface area contributed by atoms with Crippen molar-refractivity contribution in [2.75, 3.05) is 7.11 Å². The van der Waals surface area contributed by atoms with Crippen LogP contribution in [0.25, 0.3) is 0 Å². The molecule has 0 heterocycles. The minimum absolute atomic E-state index is 0.0494. The van der Waals surface area contributed by atoms with Crippen molar-refractivity contribution in [3.63, 3.8) is 0 Å². The number of halogens is 1. The van der Waals surface area contributed by atoms with Crippen LogP contribution in [-0.2, 0) is 9.53 Å². The Morgan fingerprint density at radius 1 is 1.44 bits per heavy atom. The molecular formula is C12H13BrO3. The second kappa shape index (κ2) is 5.80. The van der Waals surface area contributed by atoms with Crippen LogP contribution in [0.3, 0.4) is 0 Å². The highest BCUT2D eigenvalue weighted by Gasteiger charge is 2.18. The number of carbonyl (C=O) groups is 2. The van der Waals surface area contributed by atoms with E-state index in [1.807, 2.05) is 6.07 Å². The number of carbonyl (C=O) groups excluding carboxylic acids is 2. The van der Waals surface area contributed by atoms with E-state index in [1.54, 1.807) is 25.1 Å². The summed E-state index contributed by atoms with van der Waals surface area (Å²) in [5, 5.41) is 0. The largest absolute Gasteiger partial charge is 0.469 e. The predicted molar refractivity (Wildman–Crippen MR) is 64.3 cm³/mol. The third-order valence-corrected chi connectivity index (χ3v) is 2.75. The Morgan fingerprint density at radius 2 is 2.12 bits per heavy atom. The first-order valence-corrected chi connectivity index (χ1v) is 5.70. The van der Waals surface area contributed by atoms with E-state index in [2.05, 4.69) is 20.7 Å². The van der Waals surface area contributed by atoms with Gasteiger partial charge in [0.25, 0.3) is 0 Å². The fourth-order valence-electron chi connectivity index (χ4n) is 1.35. The number of hydrogen-bond acceptors (Lipinski definition) is 3. The summed E-state index contributed by atoms with van der Waals surface area (Å²) in [6.07, 6.45) is 0.113. The van der Waals surface area contributed by atoms with Crippen molar-refractivity contribution in [2.45, 2.75) is 13.3 Å². The molecule has 0 amide bonds. The summed E-state index contributed by atoms with van der Waals surface area (Å²) in [4.78, 5) is 23.0. The molecular weight excluding hydrogens is 272 g/mol. The zero-order valence-electron chi connectivity index (χ0n) is 9.20. The third-order valence-electron chi connectivity index (χ3n) is 2.26. The van der Waals surface area contributed by atoms with Crippen molar-refractivity contribution in [1.29, 1.82) is 0 Å². The molecule has 1 aromatic rings. The molecule has 0 N–H and O–H groups in total. The van der Waals surface area contributed by atoms with E-state index in [1.165, 1.54) is 7.11 Å². The average molecular weight is 285 g/mol. The molecule has 1 aromatic carbocycles. The van der Waals surface area contributed by atoms with Crippen LogP contribution in [0.15, 0.2) is 28.7 Å². The van der Waals surface area contributed by atoms with Crippen LogP contribution < -0.4 is 0 Å². The van der Waals surface area contributed by atoms with Crippen molar-refractivity contribution in [3.05, 3.63) is 34.3 Å². The van der Waals surface area contributed by atoms with Crippen molar-refractivity contribution in [1.82, 2.24) is 0 Å². The second-order valence-electron chi connectivity index (χ2n) is 3.56. The highest BCUT2D eigenvalue weighted by atomic mass is 79.9. The van der Waals surface area contributed by atoms with E-state index in [4.69, 9.17) is 0 Å². The van der Waals surface area contributed by atoms with Gasteiger partial charge < -0.3 is 4.74 Å². The van der Waals surface area contributed by atoms with Crippen LogP contribution in [-0.4, -0.2) is 18.9 Å². The lowest BCUT2D eigenvalue weighted by Crippen LogP contribution is -2.16. The summed E-state index contributed by atoms with van der Waals surface area (Å²) < 4.78 is 5.38. The van der Waals surface area contributed by atoms with Crippen LogP contribution in [0.1, 0.15) is 23.7 Å². The van der Waals surface area contributed by atoms with Crippen LogP contribution >= 0.6 is 15.9 Å². The van der Waals surface area contributed by atoms with E-state index >= 15 is 0 Å². The van der Waals surface area contributed by atoms with E-state index in [0.29, 0.717) is 5.56 Å². The maximum atomic E-state index is 11.9. The first kappa shape index (κ1) is 12.9. The van der Waals surface area contributed by atoms with Crippen molar-refractivity contribution >= 4 is 27.7 Å². The Morgan fingerprint density at radius 3 is 2.69 bits per heavy atom. The van der Waals surface area contributed by atoms with Crippen LogP contribution in [0, 0.1) is 5.92 Å². The van der Waals surface area contributed by atoms with Gasteiger partial charge in [-0.1, -0.05) is 35.0 Å². The molecule has 0 bridgehead atoms. The standard InChI is InChI=1S/C12H13BrO3/c1-8(6-11(14)16-2)12(15)9-4-3-5-10(13)7-9/h3-5,7-8H,6H2,1-2H3. The number of benzene rings is 1. The van der Waals surface area contributed by atoms with Gasteiger partial charge in [0, 0.05) is 16.0 Å². The molecule has 16 heavy (non-hydrogen) atoms. The van der Waals surface area contributed by atoms with Crippen LogP contribution in [0.5, 0.6) is 0 Å². The molecule has 1 atom stereocenters. The molecule has 0 fully saturated rings. The first-order chi connectivity index (χ1) is 7.54. The minimum atomic E-state index is -0.365. The van der Waals surface area contributed by atoms with Gasteiger partial charge in [-0.3, -0.25) is 9.59 Å². The molecule has 0 aliphatic heterocycles. The number of rotatable bonds is 4. The third kappa shape index (κ3) is 3.45. The van der Waals surface area contributed by atoms with Gasteiger partial charge >= 0.3 is 5.97 Å². The molecule has 1 unspecified atom stereocenters. The van der Waals surface area contributed by atoms with E-state index < -0.39 is 0 Å². The predicted octanol–water partition coefficient (Wildman–Crippen LogP) is 2.83. The fourth-order valence-corrected chi connectivity index (χ4v) is 1.75. The number of ketones is 1. The molecule has 0 radical (unpaired) electrons. The van der Waals surface area contributed by atoms with Crippen LogP contribution in [0.2, 0.25) is 0 Å². The lowest BCUT2D eigenvalue weighted by atomic mass is 9.97. The SMILES string of the molecule is COC(=O)CC(C)C(=O)c1cccc(Br)c1. The van der Waals surface area contributed by atoms with E-state index in [9.17, 15) is 9.59 Å². The molecule has 0 aliphatic carbocycles. The normalized spacial score (nSPS) is 11.9. The molecule has 3 nitrogen and oxygen atoms in total. The summed E-state index contributed by atoms with van der Waals surface area (Å²) in [7, 11) is 1.32. The topological polar surface area (TPSA) is 43.4 Å². The summed E-state index contributed by atoms with van der Waals surface area (Å²) in [5.74, 6) is -0.774. The lowest BCUT2D eigenvalue weighted by Gasteiger charge is -2.09. The van der Waals surface area contributed by atoms with Gasteiger partial charge in [0.1, 0.15) is 0 Å². The van der Waals surface area contributed by atoms with Gasteiger partial charge in [-0.2, -0.15) is 0 Å². The zero-order chi connectivity index (χ0) is 12.1. The monoisotopic (exact) mass is 284 g/mol. The van der Waals surface area contributed by atoms with Gasteiger partial charge in [0.2, 0.25) is 0 Å². The second-order valence-corrected chi connectivity index (χ2v) is 4.47. The van der Waals surface area contributed by atoms with Crippen LogP contribution in [0.4, 0.5) is 0 Å². The summed E-state index contributed by atoms with van der Waals surface area (Å²) in [5.41, 5.74) is 0.603. The molecule has 0 aromatic heterocycles. The molecule has 0 saturated heterocycles. The number of Topliss-reactive ketones (excluding diaryl/α,β-unsaturated/α-hetero) is 1. The average Bonchev–Trinajstić information content (AvgIpc) is 2.27. The minimum Gasteiger partial charge on any atom is -0.469 e. The van der Waals surface area contributed by atoms with Gasteiger partial charge in [0.15, 0.2) is 5.78 Å². The Hall–Kier alpha value is -1.16. The van der Waals surface area contributed by atoms with Gasteiger partial charge in [0.05, 0.1) is 13.5 Å². The lowest BCUT2D eigenvalue weighted by molar-refractivity contribution is -0.141. The van der Waals surface area contributed by atoms with Crippen molar-refractivity contribution in [3.8, 4) is 0 Å². The molecule has 0 spiro atoms. The quantitative estimate of drug-likeness (QED) is 0.631. The number of methoxy groups -OCH3 is 1. The zero-order valence-corrected chi connectivity index (χ0v) is 10.8. The highest BCUT2D eigenvalue weighted by molar-refractivity contribution is 9.10. The highest BCUT2D eigenvalue weighted by Crippen LogP contribution is 2.17. The first-order valence-electron chi connectivity index (χ1n) is 4.91. The molecule has 0 saturated carbocycles. The molecule has 1 rings (SSSR count). The number of hydrogen-bond donors (Lipinski definition) is 0. The Balaban J connectivity index is 2.74. The maximum absolute atomic E-state index is 11.9. The number of esters is 1. The Labute approximate surface area is 103 Å². The summed E-state index contributed by atoms with van der Waals surface area (Å²) in [6.45, 7) is 1.72. The summed E-state index contributed by atoms with van der Waals surface area (Å²) in [6, 6.07) is 7.13. The molecule has 86 valence electrons. The van der Waals surface area contributed by atoms with Gasteiger partial charge in [-0.05, 0) is 12.1 Å². The smallest absolute Gasteiger partial charge is 0.306 e. The molecule has 4 heteroatoms. The van der Waals surface area contributed by atoms with Crippen molar-refractivity contribution < 1.29 is 14.3 Å². The van der Waals surface area contributed by atoms with Gasteiger partial charge in [-0.15, -0.1) is 0 Å². The van der Waals surface area contributed by atoms with Crippen molar-refractivity contribution in [2.24, 2.45) is 5.92 Å². The van der Waals surface area contributed by atoms with Gasteiger partial charge in [-0.25, -0.2) is 0 Å². The summed E-state index contributed by atoms with van der Waals surface area (Å²) >= 11 is 3.30. The maximum Gasteiger partial charge on any atom is 0.306 e. The Kier molecular flexibility index (Phi) is 4.68. The van der Waals surface area contributed by atoms with E-state index in [-0.39, 0.29) is 24.1 Å². The van der Waals surface area contributed by atoms with E-state index in [0.717, 1.165) is 4.47 Å².